The summed E-state index contributed by atoms with van der Waals surface area (Å²) in [5.74, 6) is -1.83. The molecule has 0 saturated heterocycles. The summed E-state index contributed by atoms with van der Waals surface area (Å²) in [5, 5.41) is 3.16. The molecule has 0 aliphatic heterocycles. The molecule has 1 aromatic rings. The maximum absolute atomic E-state index is 13.4. The van der Waals surface area contributed by atoms with Gasteiger partial charge in [0.1, 0.15) is 16.5 Å². The third kappa shape index (κ3) is 4.87. The second-order valence-electron chi connectivity index (χ2n) is 4.49. The van der Waals surface area contributed by atoms with Crippen molar-refractivity contribution in [3.8, 4) is 0 Å². The van der Waals surface area contributed by atoms with Crippen LogP contribution in [0, 0.1) is 11.6 Å². The maximum atomic E-state index is 13.4. The minimum Gasteiger partial charge on any atom is -0.315 e. The van der Waals surface area contributed by atoms with Crippen LogP contribution in [0.2, 0.25) is 0 Å². The van der Waals surface area contributed by atoms with Gasteiger partial charge in [0.05, 0.1) is 5.75 Å². The van der Waals surface area contributed by atoms with Crippen LogP contribution in [-0.4, -0.2) is 26.8 Å². The number of nitrogens with one attached hydrogen (secondary N) is 1. The second kappa shape index (κ2) is 6.96. The number of rotatable bonds is 7. The lowest BCUT2D eigenvalue weighted by atomic mass is 10.2. The number of benzene rings is 1. The summed E-state index contributed by atoms with van der Waals surface area (Å²) in [4.78, 5) is -0.552. The van der Waals surface area contributed by atoms with E-state index < -0.39 is 26.4 Å². The number of sulfone groups is 1. The van der Waals surface area contributed by atoms with Gasteiger partial charge in [0.25, 0.3) is 0 Å². The predicted molar refractivity (Wildman–Crippen MR) is 70.8 cm³/mol. The maximum Gasteiger partial charge on any atom is 0.181 e. The van der Waals surface area contributed by atoms with Crippen LogP contribution in [0.4, 0.5) is 8.78 Å². The van der Waals surface area contributed by atoms with E-state index in [1.807, 2.05) is 13.8 Å². The van der Waals surface area contributed by atoms with Crippen LogP contribution in [0.25, 0.3) is 0 Å². The molecule has 0 heterocycles. The molecule has 19 heavy (non-hydrogen) atoms. The highest BCUT2D eigenvalue weighted by Crippen LogP contribution is 2.18. The molecule has 108 valence electrons. The third-order valence-corrected chi connectivity index (χ3v) is 4.64. The lowest BCUT2D eigenvalue weighted by molar-refractivity contribution is 0.518. The Kier molecular flexibility index (Phi) is 5.87. The fourth-order valence-corrected chi connectivity index (χ4v) is 3.28. The summed E-state index contributed by atoms with van der Waals surface area (Å²) < 4.78 is 50.2. The molecular weight excluding hydrogens is 272 g/mol. The van der Waals surface area contributed by atoms with Gasteiger partial charge in [-0.05, 0) is 44.5 Å². The largest absolute Gasteiger partial charge is 0.315 e. The van der Waals surface area contributed by atoms with Gasteiger partial charge in [-0.25, -0.2) is 17.2 Å². The minimum absolute atomic E-state index is 0.177. The van der Waals surface area contributed by atoms with E-state index in [-0.39, 0.29) is 11.8 Å². The molecule has 0 aromatic heterocycles. The van der Waals surface area contributed by atoms with Gasteiger partial charge in [-0.3, -0.25) is 0 Å². The quantitative estimate of drug-likeness (QED) is 0.839. The first-order chi connectivity index (χ1) is 8.86. The molecule has 0 saturated carbocycles. The van der Waals surface area contributed by atoms with Crippen LogP contribution < -0.4 is 5.32 Å². The molecule has 1 atom stereocenters. The van der Waals surface area contributed by atoms with E-state index in [1.54, 1.807) is 0 Å². The van der Waals surface area contributed by atoms with Crippen molar-refractivity contribution in [3.63, 3.8) is 0 Å². The molecule has 0 bridgehead atoms. The first-order valence-electron chi connectivity index (χ1n) is 6.28. The van der Waals surface area contributed by atoms with E-state index in [0.29, 0.717) is 12.8 Å². The van der Waals surface area contributed by atoms with Gasteiger partial charge in [-0.15, -0.1) is 0 Å². The zero-order valence-corrected chi connectivity index (χ0v) is 11.9. The van der Waals surface area contributed by atoms with Crippen molar-refractivity contribution in [1.29, 1.82) is 0 Å². The molecule has 1 aromatic carbocycles. The van der Waals surface area contributed by atoms with Gasteiger partial charge >= 0.3 is 0 Å². The van der Waals surface area contributed by atoms with Crippen LogP contribution in [0.5, 0.6) is 0 Å². The van der Waals surface area contributed by atoms with Crippen LogP contribution in [-0.2, 0) is 9.84 Å². The highest BCUT2D eigenvalue weighted by atomic mass is 32.2. The van der Waals surface area contributed by atoms with Crippen molar-refractivity contribution in [2.75, 3.05) is 12.3 Å². The molecule has 0 aliphatic rings. The Balaban J connectivity index is 2.68. The zero-order chi connectivity index (χ0) is 14.5. The third-order valence-electron chi connectivity index (χ3n) is 2.83. The Bertz CT molecular complexity index is 517. The molecule has 0 radical (unpaired) electrons. The van der Waals surface area contributed by atoms with Gasteiger partial charge in [0.15, 0.2) is 9.84 Å². The molecular formula is C13H19F2NO2S. The zero-order valence-electron chi connectivity index (χ0n) is 11.1. The summed E-state index contributed by atoms with van der Waals surface area (Å²) in [6.45, 7) is 4.74. The second-order valence-corrected chi connectivity index (χ2v) is 6.57. The van der Waals surface area contributed by atoms with Gasteiger partial charge in [0, 0.05) is 6.04 Å². The highest BCUT2D eigenvalue weighted by molar-refractivity contribution is 7.91. The van der Waals surface area contributed by atoms with E-state index in [4.69, 9.17) is 0 Å². The smallest absolute Gasteiger partial charge is 0.181 e. The first kappa shape index (κ1) is 16.0. The summed E-state index contributed by atoms with van der Waals surface area (Å²) >= 11 is 0. The normalized spacial score (nSPS) is 13.5. The molecule has 0 amide bonds. The van der Waals surface area contributed by atoms with Crippen molar-refractivity contribution >= 4 is 9.84 Å². The van der Waals surface area contributed by atoms with Gasteiger partial charge in [-0.1, -0.05) is 6.92 Å². The molecule has 0 fully saturated rings. The Morgan fingerprint density at radius 2 is 2.00 bits per heavy atom. The van der Waals surface area contributed by atoms with E-state index in [2.05, 4.69) is 5.32 Å². The molecule has 0 aliphatic carbocycles. The van der Waals surface area contributed by atoms with E-state index >= 15 is 0 Å². The van der Waals surface area contributed by atoms with Crippen LogP contribution in [0.3, 0.4) is 0 Å². The topological polar surface area (TPSA) is 46.2 Å². The average molecular weight is 291 g/mol. The molecule has 0 spiro atoms. The minimum atomic E-state index is -3.77. The van der Waals surface area contributed by atoms with Crippen molar-refractivity contribution in [1.82, 2.24) is 5.32 Å². The summed E-state index contributed by atoms with van der Waals surface area (Å²) in [7, 11) is -3.77. The summed E-state index contributed by atoms with van der Waals surface area (Å²) in [6, 6.07) is 2.68. The van der Waals surface area contributed by atoms with Gasteiger partial charge in [0.2, 0.25) is 0 Å². The Hall–Kier alpha value is -1.01. The molecule has 3 nitrogen and oxygen atoms in total. The summed E-state index contributed by atoms with van der Waals surface area (Å²) in [6.07, 6.45) is 1.08. The fraction of sp³-hybridized carbons (Fsp3) is 0.538. The van der Waals surface area contributed by atoms with E-state index in [1.165, 1.54) is 0 Å². The monoisotopic (exact) mass is 291 g/mol. The molecule has 1 N–H and O–H groups in total. The lowest BCUT2D eigenvalue weighted by Gasteiger charge is -2.12. The Labute approximate surface area is 112 Å². The number of hydrogen-bond donors (Lipinski definition) is 1. The van der Waals surface area contributed by atoms with Crippen molar-refractivity contribution in [3.05, 3.63) is 29.8 Å². The average Bonchev–Trinajstić information content (AvgIpc) is 2.32. The van der Waals surface area contributed by atoms with E-state index in [9.17, 15) is 17.2 Å². The van der Waals surface area contributed by atoms with Gasteiger partial charge < -0.3 is 5.32 Å². The predicted octanol–water partition coefficient (Wildman–Crippen LogP) is 2.52. The van der Waals surface area contributed by atoms with Crippen molar-refractivity contribution < 1.29 is 17.2 Å². The van der Waals surface area contributed by atoms with Crippen LogP contribution in [0.1, 0.15) is 26.7 Å². The molecule has 1 unspecified atom stereocenters. The lowest BCUT2D eigenvalue weighted by Crippen LogP contribution is -2.26. The SMILES string of the molecule is CCNC(C)CCCS(=O)(=O)c1cc(F)ccc1F. The fourth-order valence-electron chi connectivity index (χ4n) is 1.86. The number of hydrogen-bond acceptors (Lipinski definition) is 3. The van der Waals surface area contributed by atoms with Gasteiger partial charge in [-0.2, -0.15) is 0 Å². The Morgan fingerprint density at radius 3 is 2.63 bits per heavy atom. The first-order valence-corrected chi connectivity index (χ1v) is 7.93. The molecule has 1 rings (SSSR count). The van der Waals surface area contributed by atoms with E-state index in [0.717, 1.165) is 24.7 Å². The highest BCUT2D eigenvalue weighted by Gasteiger charge is 2.20. The Morgan fingerprint density at radius 1 is 1.32 bits per heavy atom. The van der Waals surface area contributed by atoms with Crippen molar-refractivity contribution in [2.24, 2.45) is 0 Å². The van der Waals surface area contributed by atoms with Crippen LogP contribution in [0.15, 0.2) is 23.1 Å². The standard InChI is InChI=1S/C13H19F2NO2S/c1-3-16-10(2)5-4-8-19(17,18)13-9-11(14)6-7-12(13)15/h6-7,9-10,16H,3-5,8H2,1-2H3. The summed E-state index contributed by atoms with van der Waals surface area (Å²) in [5.41, 5.74) is 0. The van der Waals surface area contributed by atoms with Crippen LogP contribution >= 0.6 is 0 Å². The van der Waals surface area contributed by atoms with Crippen molar-refractivity contribution in [2.45, 2.75) is 37.6 Å². The molecule has 6 heteroatoms. The number of halogens is 2.